The van der Waals surface area contributed by atoms with Crippen LogP contribution in [0.1, 0.15) is 0 Å². The number of carboxylic acids is 1. The summed E-state index contributed by atoms with van der Waals surface area (Å²) in [5, 5.41) is 11.9. The topological polar surface area (TPSA) is 124 Å². The van der Waals surface area contributed by atoms with E-state index in [4.69, 9.17) is 14.3 Å². The molecule has 4 aromatic rings. The summed E-state index contributed by atoms with van der Waals surface area (Å²) in [6, 6.07) is 16.2. The van der Waals surface area contributed by atoms with Gasteiger partial charge in [0.25, 0.3) is 5.56 Å². The fourth-order valence-corrected chi connectivity index (χ4v) is 3.01. The maximum atomic E-state index is 12.3. The highest BCUT2D eigenvalue weighted by Gasteiger charge is 2.14. The number of benzene rings is 2. The number of ether oxygens (including phenoxy) is 1. The van der Waals surface area contributed by atoms with Gasteiger partial charge in [0.15, 0.2) is 11.1 Å². The molecule has 0 aliphatic rings. The fraction of sp³-hybridized carbons (Fsp3) is 0.0909. The van der Waals surface area contributed by atoms with E-state index in [1.807, 2.05) is 43.4 Å². The average Bonchev–Trinajstić information content (AvgIpc) is 2.77. The highest BCUT2D eigenvalue weighted by molar-refractivity contribution is 5.78. The minimum absolute atomic E-state index is 0.0147. The number of rotatable bonds is 6. The molecule has 9 heteroatoms. The normalized spacial score (nSPS) is 10.7. The molecule has 0 spiro atoms. The molecule has 0 bridgehead atoms. The van der Waals surface area contributed by atoms with E-state index in [1.165, 1.54) is 12.3 Å². The zero-order valence-corrected chi connectivity index (χ0v) is 16.4. The Hall–Kier alpha value is -4.40. The zero-order chi connectivity index (χ0) is 22.0. The molecule has 0 amide bonds. The molecule has 0 saturated heterocycles. The Bertz CT molecular complexity index is 1370. The van der Waals surface area contributed by atoms with Crippen molar-refractivity contribution in [2.24, 2.45) is 0 Å². The summed E-state index contributed by atoms with van der Waals surface area (Å²) >= 11 is 0. The summed E-state index contributed by atoms with van der Waals surface area (Å²) in [5.41, 5.74) is 1.43. The lowest BCUT2D eigenvalue weighted by molar-refractivity contribution is -0.137. The summed E-state index contributed by atoms with van der Waals surface area (Å²) in [7, 11) is 1.84. The van der Waals surface area contributed by atoms with Gasteiger partial charge in [0.05, 0.1) is 0 Å². The number of aliphatic carboxylic acids is 1. The third-order valence-electron chi connectivity index (χ3n) is 4.58. The van der Waals surface area contributed by atoms with Crippen molar-refractivity contribution in [1.29, 1.82) is 0 Å². The highest BCUT2D eigenvalue weighted by Crippen LogP contribution is 2.27. The molecular formula is C22H17N3O6. The summed E-state index contributed by atoms with van der Waals surface area (Å²) in [4.78, 5) is 39.3. The average molecular weight is 419 g/mol. The molecule has 0 fully saturated rings. The second-order valence-corrected chi connectivity index (χ2v) is 6.62. The standard InChI is InChI=1S/C22H17N3O6/c1-23-15-4-8-17(9-5-15)30-16-6-2-13(3-7-16)14-10-18-20(24-11-14)21(28)25(12-19(26)27)22(29)31-18/h2-11,23H,12H2,1H3,(H,26,27). The fourth-order valence-electron chi connectivity index (χ4n) is 3.01. The van der Waals surface area contributed by atoms with Crippen LogP contribution in [0.2, 0.25) is 0 Å². The largest absolute Gasteiger partial charge is 0.480 e. The second kappa shape index (κ2) is 8.15. The van der Waals surface area contributed by atoms with Gasteiger partial charge in [0.1, 0.15) is 18.0 Å². The first-order chi connectivity index (χ1) is 14.9. The van der Waals surface area contributed by atoms with E-state index in [1.54, 1.807) is 12.1 Å². The monoisotopic (exact) mass is 419 g/mol. The van der Waals surface area contributed by atoms with Gasteiger partial charge in [-0.25, -0.2) is 14.3 Å². The van der Waals surface area contributed by atoms with Gasteiger partial charge in [0, 0.05) is 24.5 Å². The number of hydrogen-bond acceptors (Lipinski definition) is 7. The molecule has 9 nitrogen and oxygen atoms in total. The molecule has 0 aliphatic carbocycles. The molecule has 0 atom stereocenters. The number of fused-ring (bicyclic) bond motifs is 1. The van der Waals surface area contributed by atoms with Crippen molar-refractivity contribution in [3.8, 4) is 22.6 Å². The van der Waals surface area contributed by atoms with E-state index in [0.29, 0.717) is 21.6 Å². The molecule has 31 heavy (non-hydrogen) atoms. The van der Waals surface area contributed by atoms with E-state index in [-0.39, 0.29) is 11.1 Å². The number of anilines is 1. The van der Waals surface area contributed by atoms with Gasteiger partial charge in [-0.15, -0.1) is 0 Å². The van der Waals surface area contributed by atoms with Crippen molar-refractivity contribution >= 4 is 22.8 Å². The number of nitrogens with zero attached hydrogens (tertiary/aromatic N) is 2. The van der Waals surface area contributed by atoms with Gasteiger partial charge in [-0.05, 0) is 48.0 Å². The van der Waals surface area contributed by atoms with E-state index < -0.39 is 23.8 Å². The van der Waals surface area contributed by atoms with Crippen LogP contribution in [0.3, 0.4) is 0 Å². The molecule has 4 rings (SSSR count). The molecule has 2 aromatic carbocycles. The van der Waals surface area contributed by atoms with Crippen molar-refractivity contribution in [2.75, 3.05) is 12.4 Å². The van der Waals surface area contributed by atoms with Crippen LogP contribution in [0, 0.1) is 0 Å². The van der Waals surface area contributed by atoms with Crippen LogP contribution < -0.4 is 21.4 Å². The van der Waals surface area contributed by atoms with Crippen molar-refractivity contribution in [3.05, 3.63) is 81.7 Å². The molecule has 0 unspecified atom stereocenters. The molecule has 0 radical (unpaired) electrons. The Morgan fingerprint density at radius 3 is 2.32 bits per heavy atom. The van der Waals surface area contributed by atoms with Crippen LogP contribution in [0.4, 0.5) is 5.69 Å². The third kappa shape index (κ3) is 4.15. The maximum Gasteiger partial charge on any atom is 0.422 e. The maximum absolute atomic E-state index is 12.3. The number of aromatic nitrogens is 2. The van der Waals surface area contributed by atoms with Crippen molar-refractivity contribution in [1.82, 2.24) is 9.55 Å². The van der Waals surface area contributed by atoms with Crippen LogP contribution in [-0.2, 0) is 11.3 Å². The molecule has 0 aliphatic heterocycles. The first kappa shape index (κ1) is 19.9. The van der Waals surface area contributed by atoms with E-state index >= 15 is 0 Å². The van der Waals surface area contributed by atoms with E-state index in [2.05, 4.69) is 10.3 Å². The lowest BCUT2D eigenvalue weighted by Gasteiger charge is -2.08. The van der Waals surface area contributed by atoms with Crippen molar-refractivity contribution in [3.63, 3.8) is 0 Å². The number of carbonyl (C=O) groups is 1. The van der Waals surface area contributed by atoms with Gasteiger partial charge in [-0.2, -0.15) is 0 Å². The Morgan fingerprint density at radius 1 is 1.06 bits per heavy atom. The van der Waals surface area contributed by atoms with Crippen LogP contribution >= 0.6 is 0 Å². The lowest BCUT2D eigenvalue weighted by atomic mass is 10.1. The molecule has 2 heterocycles. The van der Waals surface area contributed by atoms with Gasteiger partial charge < -0.3 is 19.6 Å². The Labute approximate surface area is 175 Å². The quantitative estimate of drug-likeness (QED) is 0.489. The van der Waals surface area contributed by atoms with Crippen LogP contribution in [-0.4, -0.2) is 27.7 Å². The van der Waals surface area contributed by atoms with Crippen LogP contribution in [0.5, 0.6) is 11.5 Å². The third-order valence-corrected chi connectivity index (χ3v) is 4.58. The Kier molecular flexibility index (Phi) is 5.23. The van der Waals surface area contributed by atoms with Crippen molar-refractivity contribution < 1.29 is 19.1 Å². The predicted molar refractivity (Wildman–Crippen MR) is 114 cm³/mol. The molecule has 2 N–H and O–H groups in total. The SMILES string of the molecule is CNc1ccc(Oc2ccc(-c3cnc4c(=O)n(CC(=O)O)c(=O)oc4c3)cc2)cc1. The molecular weight excluding hydrogens is 402 g/mol. The summed E-state index contributed by atoms with van der Waals surface area (Å²) in [6.45, 7) is -0.792. The van der Waals surface area contributed by atoms with Crippen LogP contribution in [0.15, 0.2) is 74.8 Å². The number of hydrogen-bond donors (Lipinski definition) is 2. The first-order valence-corrected chi connectivity index (χ1v) is 9.26. The zero-order valence-electron chi connectivity index (χ0n) is 16.4. The predicted octanol–water partition coefficient (Wildman–Crippen LogP) is 2.94. The second-order valence-electron chi connectivity index (χ2n) is 6.62. The number of pyridine rings is 1. The molecule has 0 saturated carbocycles. The molecule has 2 aromatic heterocycles. The van der Waals surface area contributed by atoms with E-state index in [0.717, 1.165) is 11.3 Å². The number of carboxylic acid groups (broad SMARTS) is 1. The summed E-state index contributed by atoms with van der Waals surface area (Å²) in [5.74, 6) is -1.05. The van der Waals surface area contributed by atoms with Gasteiger partial charge >= 0.3 is 11.7 Å². The summed E-state index contributed by atoms with van der Waals surface area (Å²) in [6.07, 6.45) is 1.46. The molecule has 156 valence electrons. The van der Waals surface area contributed by atoms with E-state index in [9.17, 15) is 14.4 Å². The highest BCUT2D eigenvalue weighted by atomic mass is 16.5. The van der Waals surface area contributed by atoms with Gasteiger partial charge in [0.2, 0.25) is 0 Å². The number of nitrogens with one attached hydrogen (secondary N) is 1. The Balaban J connectivity index is 1.61. The minimum Gasteiger partial charge on any atom is -0.480 e. The minimum atomic E-state index is -1.33. The van der Waals surface area contributed by atoms with Crippen LogP contribution in [0.25, 0.3) is 22.2 Å². The summed E-state index contributed by atoms with van der Waals surface area (Å²) < 4.78 is 11.4. The van der Waals surface area contributed by atoms with Gasteiger partial charge in [-0.1, -0.05) is 12.1 Å². The van der Waals surface area contributed by atoms with Gasteiger partial charge in [-0.3, -0.25) is 9.59 Å². The lowest BCUT2D eigenvalue weighted by Crippen LogP contribution is -2.35. The smallest absolute Gasteiger partial charge is 0.422 e. The first-order valence-electron chi connectivity index (χ1n) is 9.26. The Morgan fingerprint density at radius 2 is 1.71 bits per heavy atom. The van der Waals surface area contributed by atoms with Crippen molar-refractivity contribution in [2.45, 2.75) is 6.54 Å².